The SMILES string of the molecule is CCOc1ccc(C(=O)N(Cc2ccccc2)C(C)C(=O)O)cc1[N+](=O)[O-]. The Morgan fingerprint density at radius 1 is 1.22 bits per heavy atom. The first kappa shape index (κ1) is 19.9. The van der Waals surface area contributed by atoms with Crippen LogP contribution in [0.3, 0.4) is 0 Å². The van der Waals surface area contributed by atoms with E-state index < -0.39 is 22.8 Å². The van der Waals surface area contributed by atoms with Crippen molar-refractivity contribution in [3.63, 3.8) is 0 Å². The first-order valence-corrected chi connectivity index (χ1v) is 8.34. The van der Waals surface area contributed by atoms with Gasteiger partial charge in [0, 0.05) is 18.2 Å². The summed E-state index contributed by atoms with van der Waals surface area (Å²) in [5, 5.41) is 20.6. The van der Waals surface area contributed by atoms with E-state index in [4.69, 9.17) is 4.74 Å². The topological polar surface area (TPSA) is 110 Å². The highest BCUT2D eigenvalue weighted by atomic mass is 16.6. The largest absolute Gasteiger partial charge is 0.487 e. The molecular formula is C19H20N2O6. The Labute approximate surface area is 156 Å². The van der Waals surface area contributed by atoms with Crippen molar-refractivity contribution in [2.75, 3.05) is 6.61 Å². The van der Waals surface area contributed by atoms with E-state index in [1.165, 1.54) is 19.1 Å². The highest BCUT2D eigenvalue weighted by molar-refractivity contribution is 5.97. The molecule has 0 aromatic heterocycles. The van der Waals surface area contributed by atoms with Crippen LogP contribution >= 0.6 is 0 Å². The van der Waals surface area contributed by atoms with Gasteiger partial charge in [0.05, 0.1) is 11.5 Å². The van der Waals surface area contributed by atoms with E-state index in [0.717, 1.165) is 16.5 Å². The molecule has 1 unspecified atom stereocenters. The monoisotopic (exact) mass is 372 g/mol. The molecule has 0 bridgehead atoms. The van der Waals surface area contributed by atoms with Crippen molar-refractivity contribution < 1.29 is 24.4 Å². The average molecular weight is 372 g/mol. The number of nitrogens with zero attached hydrogens (tertiary/aromatic N) is 2. The fourth-order valence-electron chi connectivity index (χ4n) is 2.53. The number of rotatable bonds is 8. The van der Waals surface area contributed by atoms with Crippen LogP contribution in [0, 0.1) is 10.1 Å². The van der Waals surface area contributed by atoms with E-state index in [2.05, 4.69) is 0 Å². The number of carbonyl (C=O) groups is 2. The summed E-state index contributed by atoms with van der Waals surface area (Å²) < 4.78 is 5.21. The predicted octanol–water partition coefficient (Wildman–Crippen LogP) is 3.11. The third kappa shape index (κ3) is 4.81. The van der Waals surface area contributed by atoms with Crippen LogP contribution in [0.15, 0.2) is 48.5 Å². The summed E-state index contributed by atoms with van der Waals surface area (Å²) in [7, 11) is 0. The van der Waals surface area contributed by atoms with Crippen molar-refractivity contribution in [1.82, 2.24) is 4.90 Å². The molecule has 0 fully saturated rings. The van der Waals surface area contributed by atoms with E-state index in [1.54, 1.807) is 31.2 Å². The molecule has 1 amide bonds. The molecule has 0 aliphatic rings. The lowest BCUT2D eigenvalue weighted by Crippen LogP contribution is -2.42. The van der Waals surface area contributed by atoms with E-state index in [1.807, 2.05) is 6.07 Å². The molecular weight excluding hydrogens is 352 g/mol. The lowest BCUT2D eigenvalue weighted by atomic mass is 10.1. The molecule has 8 heteroatoms. The molecule has 0 saturated heterocycles. The number of benzene rings is 2. The second kappa shape index (κ2) is 8.79. The number of hydrogen-bond donors (Lipinski definition) is 1. The molecule has 0 heterocycles. The van der Waals surface area contributed by atoms with Gasteiger partial charge in [0.25, 0.3) is 5.91 Å². The molecule has 0 aliphatic heterocycles. The van der Waals surface area contributed by atoms with Crippen molar-refractivity contribution in [1.29, 1.82) is 0 Å². The van der Waals surface area contributed by atoms with Gasteiger partial charge < -0.3 is 14.7 Å². The lowest BCUT2D eigenvalue weighted by Gasteiger charge is -2.27. The Bertz CT molecular complexity index is 837. The van der Waals surface area contributed by atoms with Crippen molar-refractivity contribution in [3.8, 4) is 5.75 Å². The summed E-state index contributed by atoms with van der Waals surface area (Å²) in [5.74, 6) is -1.72. The minimum absolute atomic E-state index is 0.0224. The molecule has 0 saturated carbocycles. The Kier molecular flexibility index (Phi) is 6.48. The number of nitro benzene ring substituents is 1. The third-order valence-electron chi connectivity index (χ3n) is 3.98. The van der Waals surface area contributed by atoms with Crippen molar-refractivity contribution >= 4 is 17.6 Å². The Morgan fingerprint density at radius 3 is 2.44 bits per heavy atom. The maximum Gasteiger partial charge on any atom is 0.326 e. The number of carbonyl (C=O) groups excluding carboxylic acids is 1. The fraction of sp³-hybridized carbons (Fsp3) is 0.263. The van der Waals surface area contributed by atoms with Crippen molar-refractivity contribution in [3.05, 3.63) is 69.8 Å². The quantitative estimate of drug-likeness (QED) is 0.563. The summed E-state index contributed by atoms with van der Waals surface area (Å²) in [6, 6.07) is 11.7. The van der Waals surface area contributed by atoms with Gasteiger partial charge in [-0.3, -0.25) is 14.9 Å². The second-order valence-electron chi connectivity index (χ2n) is 5.81. The lowest BCUT2D eigenvalue weighted by molar-refractivity contribution is -0.385. The third-order valence-corrected chi connectivity index (χ3v) is 3.98. The van der Waals surface area contributed by atoms with Gasteiger partial charge in [-0.2, -0.15) is 0 Å². The van der Waals surface area contributed by atoms with Crippen LogP contribution in [0.25, 0.3) is 0 Å². The number of amides is 1. The highest BCUT2D eigenvalue weighted by Gasteiger charge is 2.28. The number of hydrogen-bond acceptors (Lipinski definition) is 5. The maximum atomic E-state index is 12.9. The second-order valence-corrected chi connectivity index (χ2v) is 5.81. The standard InChI is InChI=1S/C19H20N2O6/c1-3-27-17-10-9-15(11-16(17)21(25)26)18(22)20(13(2)19(23)24)12-14-7-5-4-6-8-14/h4-11,13H,3,12H2,1-2H3,(H,23,24). The molecule has 8 nitrogen and oxygen atoms in total. The molecule has 0 aliphatic carbocycles. The minimum Gasteiger partial charge on any atom is -0.487 e. The maximum absolute atomic E-state index is 12.9. The van der Waals surface area contributed by atoms with Crippen LogP contribution in [0.1, 0.15) is 29.8 Å². The first-order chi connectivity index (χ1) is 12.8. The van der Waals surface area contributed by atoms with E-state index in [9.17, 15) is 24.8 Å². The number of aliphatic carboxylic acids is 1. The summed E-state index contributed by atoms with van der Waals surface area (Å²) >= 11 is 0. The molecule has 0 radical (unpaired) electrons. The zero-order valence-electron chi connectivity index (χ0n) is 15.0. The minimum atomic E-state index is -1.17. The van der Waals surface area contributed by atoms with Gasteiger partial charge >= 0.3 is 11.7 Å². The molecule has 142 valence electrons. The van der Waals surface area contributed by atoms with E-state index >= 15 is 0 Å². The first-order valence-electron chi connectivity index (χ1n) is 8.34. The van der Waals surface area contributed by atoms with Gasteiger partial charge in [-0.25, -0.2) is 4.79 Å². The normalized spacial score (nSPS) is 11.5. The summed E-state index contributed by atoms with van der Waals surface area (Å²) in [4.78, 5) is 36.2. The van der Waals surface area contributed by atoms with Crippen LogP contribution in [0.4, 0.5) is 5.69 Å². The molecule has 1 N–H and O–H groups in total. The van der Waals surface area contributed by atoms with Crippen molar-refractivity contribution in [2.24, 2.45) is 0 Å². The highest BCUT2D eigenvalue weighted by Crippen LogP contribution is 2.29. The predicted molar refractivity (Wildman–Crippen MR) is 97.7 cm³/mol. The Morgan fingerprint density at radius 2 is 1.89 bits per heavy atom. The van der Waals surface area contributed by atoms with E-state index in [0.29, 0.717) is 0 Å². The van der Waals surface area contributed by atoms with Gasteiger partial charge in [0.15, 0.2) is 5.75 Å². The number of carboxylic acids is 1. The van der Waals surface area contributed by atoms with Crippen molar-refractivity contribution in [2.45, 2.75) is 26.4 Å². The number of ether oxygens (including phenoxy) is 1. The zero-order valence-corrected chi connectivity index (χ0v) is 15.0. The summed E-state index contributed by atoms with van der Waals surface area (Å²) in [5.41, 5.74) is 0.430. The zero-order chi connectivity index (χ0) is 20.0. The molecule has 0 spiro atoms. The van der Waals surface area contributed by atoms with Gasteiger partial charge in [0.1, 0.15) is 6.04 Å². The molecule has 2 aromatic rings. The molecule has 2 aromatic carbocycles. The summed E-state index contributed by atoms with van der Waals surface area (Å²) in [6.45, 7) is 3.39. The number of nitro groups is 1. The van der Waals surface area contributed by atoms with Gasteiger partial charge in [-0.15, -0.1) is 0 Å². The van der Waals surface area contributed by atoms with Crippen LogP contribution in [-0.4, -0.2) is 39.5 Å². The van der Waals surface area contributed by atoms with Crippen LogP contribution in [-0.2, 0) is 11.3 Å². The molecule has 2 rings (SSSR count). The van der Waals surface area contributed by atoms with Gasteiger partial charge in [0.2, 0.25) is 0 Å². The van der Waals surface area contributed by atoms with Crippen LogP contribution in [0.5, 0.6) is 5.75 Å². The van der Waals surface area contributed by atoms with E-state index in [-0.39, 0.29) is 30.2 Å². The summed E-state index contributed by atoms with van der Waals surface area (Å²) in [6.07, 6.45) is 0. The Hall–Kier alpha value is -3.42. The van der Waals surface area contributed by atoms with Gasteiger partial charge in [-0.05, 0) is 31.5 Å². The molecule has 27 heavy (non-hydrogen) atoms. The van der Waals surface area contributed by atoms with Gasteiger partial charge in [-0.1, -0.05) is 30.3 Å². The number of carboxylic acid groups (broad SMARTS) is 1. The Balaban J connectivity index is 2.40. The smallest absolute Gasteiger partial charge is 0.326 e. The molecule has 1 atom stereocenters. The average Bonchev–Trinajstić information content (AvgIpc) is 2.66. The van der Waals surface area contributed by atoms with Crippen LogP contribution < -0.4 is 4.74 Å². The fourth-order valence-corrected chi connectivity index (χ4v) is 2.53. The van der Waals surface area contributed by atoms with Crippen LogP contribution in [0.2, 0.25) is 0 Å².